The van der Waals surface area contributed by atoms with Crippen LogP contribution in [-0.4, -0.2) is 37.8 Å². The SMILES string of the molecule is CCNC(=NCCCOC1CCCC1)NC1CC1.I. The number of hydrogen-bond donors (Lipinski definition) is 2. The first-order valence-electron chi connectivity index (χ1n) is 7.55. The fourth-order valence-electron chi connectivity index (χ4n) is 2.30. The molecule has 0 atom stereocenters. The summed E-state index contributed by atoms with van der Waals surface area (Å²) in [5.41, 5.74) is 0. The Morgan fingerprint density at radius 3 is 2.58 bits per heavy atom. The lowest BCUT2D eigenvalue weighted by Crippen LogP contribution is -2.38. The molecule has 2 aliphatic rings. The van der Waals surface area contributed by atoms with Crippen molar-refractivity contribution in [2.45, 2.75) is 64.0 Å². The fraction of sp³-hybridized carbons (Fsp3) is 0.929. The standard InChI is InChI=1S/C14H27N3O.HI/c1-2-15-14(17-12-8-9-12)16-10-5-11-18-13-6-3-4-7-13;/h12-13H,2-11H2,1H3,(H2,15,16,17);1H. The number of halogens is 1. The van der Waals surface area contributed by atoms with Crippen molar-refractivity contribution < 1.29 is 4.74 Å². The Morgan fingerprint density at radius 1 is 1.21 bits per heavy atom. The van der Waals surface area contributed by atoms with Crippen molar-refractivity contribution in [1.29, 1.82) is 0 Å². The number of nitrogens with zero attached hydrogens (tertiary/aromatic N) is 1. The van der Waals surface area contributed by atoms with E-state index in [4.69, 9.17) is 4.74 Å². The molecule has 2 N–H and O–H groups in total. The van der Waals surface area contributed by atoms with E-state index in [0.29, 0.717) is 12.1 Å². The number of hydrogen-bond acceptors (Lipinski definition) is 2. The van der Waals surface area contributed by atoms with Crippen LogP contribution in [0.2, 0.25) is 0 Å². The van der Waals surface area contributed by atoms with E-state index in [0.717, 1.165) is 32.1 Å². The van der Waals surface area contributed by atoms with Crippen molar-refractivity contribution >= 4 is 29.9 Å². The highest BCUT2D eigenvalue weighted by molar-refractivity contribution is 14.0. The maximum absolute atomic E-state index is 5.83. The van der Waals surface area contributed by atoms with E-state index in [9.17, 15) is 0 Å². The number of nitrogens with one attached hydrogen (secondary N) is 2. The van der Waals surface area contributed by atoms with Crippen LogP contribution in [0.1, 0.15) is 51.9 Å². The Morgan fingerprint density at radius 2 is 1.95 bits per heavy atom. The van der Waals surface area contributed by atoms with Gasteiger partial charge in [0.05, 0.1) is 6.10 Å². The predicted octanol–water partition coefficient (Wildman–Crippen LogP) is 2.67. The van der Waals surface area contributed by atoms with Crippen molar-refractivity contribution in [3.05, 3.63) is 0 Å². The van der Waals surface area contributed by atoms with Gasteiger partial charge in [0.15, 0.2) is 5.96 Å². The topological polar surface area (TPSA) is 45.7 Å². The Labute approximate surface area is 134 Å². The van der Waals surface area contributed by atoms with Crippen LogP contribution >= 0.6 is 24.0 Å². The van der Waals surface area contributed by atoms with Crippen molar-refractivity contribution in [1.82, 2.24) is 10.6 Å². The number of ether oxygens (including phenoxy) is 1. The average Bonchev–Trinajstić information content (AvgIpc) is 3.03. The molecule has 5 heteroatoms. The van der Waals surface area contributed by atoms with Crippen LogP contribution in [0.5, 0.6) is 0 Å². The normalized spacial score (nSPS) is 20.2. The summed E-state index contributed by atoms with van der Waals surface area (Å²) in [6, 6.07) is 0.664. The zero-order valence-electron chi connectivity index (χ0n) is 12.0. The summed E-state index contributed by atoms with van der Waals surface area (Å²) in [6.45, 7) is 4.75. The Kier molecular flexibility index (Phi) is 8.77. The summed E-state index contributed by atoms with van der Waals surface area (Å²) >= 11 is 0. The molecule has 0 aliphatic heterocycles. The quantitative estimate of drug-likeness (QED) is 0.309. The second-order valence-corrected chi connectivity index (χ2v) is 5.31. The molecule has 0 heterocycles. The van der Waals surface area contributed by atoms with Gasteiger partial charge >= 0.3 is 0 Å². The third kappa shape index (κ3) is 7.34. The van der Waals surface area contributed by atoms with Crippen molar-refractivity contribution in [3.63, 3.8) is 0 Å². The molecule has 0 aromatic carbocycles. The number of aliphatic imine (C=N–C) groups is 1. The van der Waals surface area contributed by atoms with Gasteiger partial charge in [-0.2, -0.15) is 0 Å². The van der Waals surface area contributed by atoms with Crippen molar-refractivity contribution in [2.24, 2.45) is 4.99 Å². The molecule has 2 rings (SSSR count). The van der Waals surface area contributed by atoms with Gasteiger partial charge in [-0.3, -0.25) is 4.99 Å². The van der Waals surface area contributed by atoms with Gasteiger partial charge < -0.3 is 15.4 Å². The maximum atomic E-state index is 5.83. The van der Waals surface area contributed by atoms with Gasteiger partial charge in [0.1, 0.15) is 0 Å². The molecule has 4 nitrogen and oxygen atoms in total. The minimum absolute atomic E-state index is 0. The van der Waals surface area contributed by atoms with E-state index in [1.165, 1.54) is 38.5 Å². The number of guanidine groups is 1. The molecule has 0 aromatic rings. The first-order valence-corrected chi connectivity index (χ1v) is 7.55. The molecule has 2 aliphatic carbocycles. The van der Waals surface area contributed by atoms with Gasteiger partial charge in [0, 0.05) is 25.7 Å². The van der Waals surface area contributed by atoms with Crippen LogP contribution < -0.4 is 10.6 Å². The van der Waals surface area contributed by atoms with Crippen LogP contribution in [0.25, 0.3) is 0 Å². The molecule has 0 spiro atoms. The van der Waals surface area contributed by atoms with Gasteiger partial charge in [-0.05, 0) is 39.0 Å². The maximum Gasteiger partial charge on any atom is 0.191 e. The van der Waals surface area contributed by atoms with Crippen LogP contribution in [0.4, 0.5) is 0 Å². The van der Waals surface area contributed by atoms with Gasteiger partial charge in [-0.15, -0.1) is 24.0 Å². The highest BCUT2D eigenvalue weighted by atomic mass is 127. The molecule has 0 radical (unpaired) electrons. The third-order valence-corrected chi connectivity index (χ3v) is 3.49. The van der Waals surface area contributed by atoms with E-state index in [-0.39, 0.29) is 24.0 Å². The summed E-state index contributed by atoms with van der Waals surface area (Å²) in [5, 5.41) is 6.71. The summed E-state index contributed by atoms with van der Waals surface area (Å²) in [6.07, 6.45) is 9.34. The lowest BCUT2D eigenvalue weighted by molar-refractivity contribution is 0.0579. The van der Waals surface area contributed by atoms with E-state index < -0.39 is 0 Å². The Bertz CT molecular complexity index is 263. The van der Waals surface area contributed by atoms with E-state index in [1.54, 1.807) is 0 Å². The monoisotopic (exact) mass is 381 g/mol. The molecule has 2 saturated carbocycles. The first kappa shape index (κ1) is 17.0. The smallest absolute Gasteiger partial charge is 0.191 e. The van der Waals surface area contributed by atoms with E-state index in [2.05, 4.69) is 22.5 Å². The van der Waals surface area contributed by atoms with Crippen LogP contribution in [0.3, 0.4) is 0 Å². The third-order valence-electron chi connectivity index (χ3n) is 3.49. The summed E-state index contributed by atoms with van der Waals surface area (Å²) in [5.74, 6) is 0.973. The fourth-order valence-corrected chi connectivity index (χ4v) is 2.30. The highest BCUT2D eigenvalue weighted by Gasteiger charge is 2.22. The Hall–Kier alpha value is -0.0400. The molecule has 2 fully saturated rings. The average molecular weight is 381 g/mol. The second kappa shape index (κ2) is 9.80. The molecule has 19 heavy (non-hydrogen) atoms. The lowest BCUT2D eigenvalue weighted by atomic mass is 10.3. The zero-order valence-corrected chi connectivity index (χ0v) is 14.3. The molecule has 0 bridgehead atoms. The molecular formula is C14H28IN3O. The summed E-state index contributed by atoms with van der Waals surface area (Å²) in [4.78, 5) is 4.57. The van der Waals surface area contributed by atoms with Crippen LogP contribution in [0.15, 0.2) is 4.99 Å². The Balaban J connectivity index is 0.00000180. The van der Waals surface area contributed by atoms with Gasteiger partial charge in [0.2, 0.25) is 0 Å². The molecular weight excluding hydrogens is 353 g/mol. The molecule has 0 unspecified atom stereocenters. The van der Waals surface area contributed by atoms with Crippen LogP contribution in [-0.2, 0) is 4.74 Å². The van der Waals surface area contributed by atoms with Crippen molar-refractivity contribution in [3.8, 4) is 0 Å². The molecule has 0 aromatic heterocycles. The second-order valence-electron chi connectivity index (χ2n) is 5.31. The van der Waals surface area contributed by atoms with E-state index >= 15 is 0 Å². The molecule has 0 saturated heterocycles. The largest absolute Gasteiger partial charge is 0.378 e. The summed E-state index contributed by atoms with van der Waals surface area (Å²) < 4.78 is 5.83. The van der Waals surface area contributed by atoms with Crippen LogP contribution in [0, 0.1) is 0 Å². The van der Waals surface area contributed by atoms with Gasteiger partial charge in [0.25, 0.3) is 0 Å². The summed E-state index contributed by atoms with van der Waals surface area (Å²) in [7, 11) is 0. The molecule has 112 valence electrons. The molecule has 0 amide bonds. The van der Waals surface area contributed by atoms with Gasteiger partial charge in [-0.1, -0.05) is 12.8 Å². The minimum atomic E-state index is 0. The number of rotatable bonds is 7. The first-order chi connectivity index (χ1) is 8.88. The zero-order chi connectivity index (χ0) is 12.6. The van der Waals surface area contributed by atoms with Gasteiger partial charge in [-0.25, -0.2) is 0 Å². The minimum Gasteiger partial charge on any atom is -0.378 e. The highest BCUT2D eigenvalue weighted by Crippen LogP contribution is 2.20. The van der Waals surface area contributed by atoms with Crippen molar-refractivity contribution in [2.75, 3.05) is 19.7 Å². The van der Waals surface area contributed by atoms with E-state index in [1.807, 2.05) is 0 Å². The lowest BCUT2D eigenvalue weighted by Gasteiger charge is -2.11. The predicted molar refractivity (Wildman–Crippen MR) is 90.4 cm³/mol.